The van der Waals surface area contributed by atoms with Crippen LogP contribution in [0, 0.1) is 5.92 Å². The number of rotatable bonds is 5. The number of piperidine rings is 1. The van der Waals surface area contributed by atoms with Crippen LogP contribution in [0.25, 0.3) is 0 Å². The molecule has 3 heteroatoms. The smallest absolute Gasteiger partial charge is 0.0936 e. The average Bonchev–Trinajstić information content (AvgIpc) is 2.62. The number of hydrogen-bond donors (Lipinski definition) is 1. The van der Waals surface area contributed by atoms with E-state index >= 15 is 0 Å². The Morgan fingerprint density at radius 2 is 1.52 bits per heavy atom. The molecule has 0 radical (unpaired) electrons. The van der Waals surface area contributed by atoms with Crippen molar-refractivity contribution in [1.82, 2.24) is 4.90 Å². The zero-order valence-electron chi connectivity index (χ0n) is 14.3. The van der Waals surface area contributed by atoms with E-state index in [4.69, 9.17) is 0 Å². The van der Waals surface area contributed by atoms with Gasteiger partial charge in [-0.25, -0.2) is 0 Å². The number of hydrogen-bond acceptors (Lipinski definition) is 2. The van der Waals surface area contributed by atoms with E-state index in [-0.39, 0.29) is 12.4 Å². The summed E-state index contributed by atoms with van der Waals surface area (Å²) in [6, 6.07) is 10.5. The summed E-state index contributed by atoms with van der Waals surface area (Å²) in [6.45, 7) is 3.48. The Morgan fingerprint density at radius 1 is 0.913 bits per heavy atom. The molecule has 2 fully saturated rings. The lowest BCUT2D eigenvalue weighted by Gasteiger charge is -2.40. The van der Waals surface area contributed by atoms with Crippen LogP contribution in [0.15, 0.2) is 30.3 Å². The highest BCUT2D eigenvalue weighted by molar-refractivity contribution is 5.85. The van der Waals surface area contributed by atoms with Crippen molar-refractivity contribution in [2.75, 3.05) is 19.6 Å². The molecule has 0 amide bonds. The summed E-state index contributed by atoms with van der Waals surface area (Å²) in [5.74, 6) is 0.438. The molecule has 0 bridgehead atoms. The molecule has 1 aliphatic carbocycles. The first-order valence-electron chi connectivity index (χ1n) is 9.29. The molecule has 1 aliphatic heterocycles. The van der Waals surface area contributed by atoms with Gasteiger partial charge >= 0.3 is 0 Å². The molecule has 3 rings (SSSR count). The van der Waals surface area contributed by atoms with Crippen molar-refractivity contribution < 1.29 is 5.11 Å². The van der Waals surface area contributed by atoms with Crippen LogP contribution in [-0.4, -0.2) is 29.6 Å². The van der Waals surface area contributed by atoms with E-state index in [0.717, 1.165) is 18.5 Å². The minimum Gasteiger partial charge on any atom is -0.385 e. The van der Waals surface area contributed by atoms with Gasteiger partial charge in [0.15, 0.2) is 0 Å². The van der Waals surface area contributed by atoms with Gasteiger partial charge in [-0.1, -0.05) is 56.0 Å². The van der Waals surface area contributed by atoms with Gasteiger partial charge in [0.05, 0.1) is 5.60 Å². The fourth-order valence-electron chi connectivity index (χ4n) is 4.40. The van der Waals surface area contributed by atoms with Crippen molar-refractivity contribution >= 4 is 12.4 Å². The molecule has 1 N–H and O–H groups in total. The fraction of sp³-hybridized carbons (Fsp3) is 0.700. The van der Waals surface area contributed by atoms with Crippen LogP contribution in [0.3, 0.4) is 0 Å². The molecule has 0 unspecified atom stereocenters. The molecule has 1 heterocycles. The number of nitrogens with zero attached hydrogens (tertiary/aromatic N) is 1. The number of likely N-dealkylation sites (tertiary alicyclic amines) is 1. The quantitative estimate of drug-likeness (QED) is 0.837. The Hall–Kier alpha value is -0.570. The standard InChI is InChI=1S/C20H31NO.ClH/c22-20(18-10-4-1-5-11-18,19-12-6-2-7-13-19)14-17-21-15-8-3-9-16-21;/h1,4-5,10-11,19,22H,2-3,6-9,12-17H2;1H/t20-;/m0./s1. The van der Waals surface area contributed by atoms with Gasteiger partial charge in [0.25, 0.3) is 0 Å². The highest BCUT2D eigenvalue weighted by atomic mass is 35.5. The predicted octanol–water partition coefficient (Wildman–Crippen LogP) is 4.75. The maximum Gasteiger partial charge on any atom is 0.0936 e. The molecule has 2 nitrogen and oxygen atoms in total. The Morgan fingerprint density at radius 3 is 2.17 bits per heavy atom. The molecule has 1 saturated carbocycles. The molecular formula is C20H32ClNO. The third kappa shape index (κ3) is 4.71. The van der Waals surface area contributed by atoms with E-state index < -0.39 is 5.60 Å². The summed E-state index contributed by atoms with van der Waals surface area (Å²) in [4.78, 5) is 2.56. The summed E-state index contributed by atoms with van der Waals surface area (Å²) in [6.07, 6.45) is 11.2. The monoisotopic (exact) mass is 337 g/mol. The Bertz CT molecular complexity index is 440. The van der Waals surface area contributed by atoms with Crippen LogP contribution in [0.1, 0.15) is 63.4 Å². The van der Waals surface area contributed by atoms with Gasteiger partial charge < -0.3 is 10.0 Å². The Balaban J connectivity index is 0.00000192. The van der Waals surface area contributed by atoms with E-state index in [2.05, 4.69) is 35.2 Å². The highest BCUT2D eigenvalue weighted by Crippen LogP contribution is 2.41. The van der Waals surface area contributed by atoms with Gasteiger partial charge in [-0.15, -0.1) is 12.4 Å². The van der Waals surface area contributed by atoms with Crippen LogP contribution in [0.5, 0.6) is 0 Å². The first-order chi connectivity index (χ1) is 10.8. The minimum atomic E-state index is -0.626. The van der Waals surface area contributed by atoms with Crippen LogP contribution < -0.4 is 0 Å². The number of halogens is 1. The number of aliphatic hydroxyl groups is 1. The molecular weight excluding hydrogens is 306 g/mol. The van der Waals surface area contributed by atoms with Gasteiger partial charge in [-0.05, 0) is 56.7 Å². The van der Waals surface area contributed by atoms with Crippen molar-refractivity contribution in [1.29, 1.82) is 0 Å². The molecule has 0 aromatic heterocycles. The first-order valence-corrected chi connectivity index (χ1v) is 9.29. The highest BCUT2D eigenvalue weighted by Gasteiger charge is 2.38. The van der Waals surface area contributed by atoms with Crippen molar-refractivity contribution in [3.8, 4) is 0 Å². The maximum absolute atomic E-state index is 11.6. The van der Waals surface area contributed by atoms with E-state index in [1.807, 2.05) is 0 Å². The topological polar surface area (TPSA) is 23.5 Å². The first kappa shape index (κ1) is 18.8. The average molecular weight is 338 g/mol. The lowest BCUT2D eigenvalue weighted by molar-refractivity contribution is -0.0528. The van der Waals surface area contributed by atoms with Crippen LogP contribution >= 0.6 is 12.4 Å². The van der Waals surface area contributed by atoms with Gasteiger partial charge in [-0.2, -0.15) is 0 Å². The van der Waals surface area contributed by atoms with Crippen LogP contribution in [0.4, 0.5) is 0 Å². The number of benzene rings is 1. The van der Waals surface area contributed by atoms with Crippen molar-refractivity contribution in [2.24, 2.45) is 5.92 Å². The lowest BCUT2D eigenvalue weighted by Crippen LogP contribution is -2.41. The SMILES string of the molecule is Cl.O[C@@](CCN1CCCCC1)(c1ccccc1)C1CCCCC1. The zero-order chi connectivity index (χ0) is 15.3. The van der Waals surface area contributed by atoms with Crippen LogP contribution in [0.2, 0.25) is 0 Å². The summed E-state index contributed by atoms with van der Waals surface area (Å²) < 4.78 is 0. The largest absolute Gasteiger partial charge is 0.385 e. The van der Waals surface area contributed by atoms with Crippen molar-refractivity contribution in [2.45, 2.75) is 63.4 Å². The third-order valence-electron chi connectivity index (χ3n) is 5.81. The molecule has 1 atom stereocenters. The van der Waals surface area contributed by atoms with E-state index in [1.165, 1.54) is 64.5 Å². The molecule has 130 valence electrons. The summed E-state index contributed by atoms with van der Waals surface area (Å²) in [7, 11) is 0. The summed E-state index contributed by atoms with van der Waals surface area (Å²) in [5.41, 5.74) is 0.512. The zero-order valence-corrected chi connectivity index (χ0v) is 15.1. The van der Waals surface area contributed by atoms with E-state index in [9.17, 15) is 5.11 Å². The molecule has 0 spiro atoms. The Kier molecular flexibility index (Phi) is 7.39. The van der Waals surface area contributed by atoms with Gasteiger partial charge in [0.1, 0.15) is 0 Å². The minimum absolute atomic E-state index is 0. The molecule has 23 heavy (non-hydrogen) atoms. The third-order valence-corrected chi connectivity index (χ3v) is 5.81. The molecule has 2 aliphatic rings. The van der Waals surface area contributed by atoms with E-state index in [1.54, 1.807) is 0 Å². The predicted molar refractivity (Wildman–Crippen MR) is 99.1 cm³/mol. The summed E-state index contributed by atoms with van der Waals surface area (Å²) in [5, 5.41) is 11.6. The van der Waals surface area contributed by atoms with Crippen molar-refractivity contribution in [3.05, 3.63) is 35.9 Å². The molecule has 1 aromatic carbocycles. The van der Waals surface area contributed by atoms with Gasteiger partial charge in [0.2, 0.25) is 0 Å². The maximum atomic E-state index is 11.6. The fourth-order valence-corrected chi connectivity index (χ4v) is 4.40. The second kappa shape index (κ2) is 9.05. The summed E-state index contributed by atoms with van der Waals surface area (Å²) >= 11 is 0. The molecule has 1 saturated heterocycles. The lowest BCUT2D eigenvalue weighted by atomic mass is 9.71. The van der Waals surface area contributed by atoms with Gasteiger partial charge in [0, 0.05) is 6.54 Å². The second-order valence-corrected chi connectivity index (χ2v) is 7.28. The molecule has 1 aromatic rings. The van der Waals surface area contributed by atoms with Crippen LogP contribution in [-0.2, 0) is 5.60 Å². The van der Waals surface area contributed by atoms with E-state index in [0.29, 0.717) is 5.92 Å². The van der Waals surface area contributed by atoms with Crippen molar-refractivity contribution in [3.63, 3.8) is 0 Å². The second-order valence-electron chi connectivity index (χ2n) is 7.28. The Labute approximate surface area is 147 Å². The van der Waals surface area contributed by atoms with Gasteiger partial charge in [-0.3, -0.25) is 0 Å². The normalized spacial score (nSPS) is 23.0.